The van der Waals surface area contributed by atoms with Gasteiger partial charge in [-0.3, -0.25) is 0 Å². The summed E-state index contributed by atoms with van der Waals surface area (Å²) in [5.74, 6) is 0. The molecule has 0 aliphatic rings. The van der Waals surface area contributed by atoms with Gasteiger partial charge < -0.3 is 9.32 Å². The molecule has 7 heteroatoms. The van der Waals surface area contributed by atoms with Gasteiger partial charge in [-0.25, -0.2) is 0 Å². The molecule has 0 N–H and O–H groups in total. The van der Waals surface area contributed by atoms with Crippen LogP contribution in [-0.2, 0) is 4.29 Å². The zero-order valence-corrected chi connectivity index (χ0v) is 4.70. The van der Waals surface area contributed by atoms with Crippen molar-refractivity contribution in [3.05, 3.63) is 0 Å². The van der Waals surface area contributed by atoms with E-state index in [1.165, 1.54) is 0 Å². The van der Waals surface area contributed by atoms with Gasteiger partial charge in [-0.2, -0.15) is 13.2 Å². The van der Waals surface area contributed by atoms with Crippen LogP contribution in [0.1, 0.15) is 0 Å². The van der Waals surface area contributed by atoms with Crippen LogP contribution in [0.5, 0.6) is 0 Å². The summed E-state index contributed by atoms with van der Waals surface area (Å²) in [6.45, 7) is -1.78. The van der Waals surface area contributed by atoms with Gasteiger partial charge in [-0.05, 0) is 0 Å². The average Bonchev–Trinajstić information content (AvgIpc) is 1.59. The molecule has 56 valence electrons. The van der Waals surface area contributed by atoms with E-state index in [4.69, 9.17) is 0 Å². The van der Waals surface area contributed by atoms with Crippen LogP contribution in [0.4, 0.5) is 13.2 Å². The van der Waals surface area contributed by atoms with Gasteiger partial charge in [-0.15, -0.1) is 0 Å². The Kier molecular flexibility index (Phi) is 3.20. The second-order valence-corrected chi connectivity index (χ2v) is 1.65. The van der Waals surface area contributed by atoms with Crippen LogP contribution in [-0.4, -0.2) is 12.8 Å². The lowest BCUT2D eigenvalue weighted by atomic mass is 10.7. The smallest absolute Gasteiger partial charge is 0.320 e. The highest BCUT2D eigenvalue weighted by Gasteiger charge is 2.33. The zero-order chi connectivity index (χ0) is 7.49. The lowest BCUT2D eigenvalue weighted by Crippen LogP contribution is -2.37. The van der Waals surface area contributed by atoms with Crippen LogP contribution >= 0.6 is 0 Å². The molecule has 0 aliphatic heterocycles. The van der Waals surface area contributed by atoms with Crippen LogP contribution in [0.25, 0.3) is 0 Å². The van der Waals surface area contributed by atoms with E-state index in [9.17, 15) is 22.5 Å². The van der Waals surface area contributed by atoms with E-state index in [1.54, 1.807) is 0 Å². The van der Waals surface area contributed by atoms with Gasteiger partial charge in [0.05, 0.1) is 0 Å². The fourth-order valence-electron chi connectivity index (χ4n) is 0.106. The van der Waals surface area contributed by atoms with E-state index in [0.29, 0.717) is 0 Å². The van der Waals surface area contributed by atoms with Crippen molar-refractivity contribution in [2.24, 2.45) is 0 Å². The van der Waals surface area contributed by atoms with Gasteiger partial charge >= 0.3 is 6.18 Å². The van der Waals surface area contributed by atoms with E-state index < -0.39 is 23.6 Å². The third-order valence-electron chi connectivity index (χ3n) is 0.307. The molecule has 0 rings (SSSR count). The largest absolute Gasteiger partial charge is 0.422 e. The summed E-state index contributed by atoms with van der Waals surface area (Å²) in [7, 11) is -2.78. The third-order valence-corrected chi connectivity index (χ3v) is 0.595. The van der Waals surface area contributed by atoms with Crippen molar-refractivity contribution in [1.82, 2.24) is 0 Å². The molecule has 0 saturated heterocycles. The first-order chi connectivity index (χ1) is 3.92. The molecular weight excluding hydrogens is 164 g/mol. The summed E-state index contributed by atoms with van der Waals surface area (Å²) in [4.78, 5) is 0. The van der Waals surface area contributed by atoms with Crippen molar-refractivity contribution in [1.29, 1.82) is 0 Å². The first kappa shape index (κ1) is 8.96. The lowest BCUT2D eigenvalue weighted by molar-refractivity contribution is -1.63. The molecule has 0 fully saturated rings. The Bertz CT molecular complexity index is 81.6. The predicted molar refractivity (Wildman–Crippen MR) is 12.0 cm³/mol. The van der Waals surface area contributed by atoms with E-state index in [2.05, 4.69) is 4.29 Å². The summed E-state index contributed by atoms with van der Waals surface area (Å²) >= 11 is 0. The second kappa shape index (κ2) is 3.21. The first-order valence-corrected chi connectivity index (χ1v) is 2.60. The highest BCUT2D eigenvalue weighted by atomic mass is 35.6. The van der Waals surface area contributed by atoms with Crippen LogP contribution in [0.15, 0.2) is 0 Å². The molecule has 3 nitrogen and oxygen atoms in total. The second-order valence-electron chi connectivity index (χ2n) is 1.06. The van der Waals surface area contributed by atoms with E-state index in [-0.39, 0.29) is 0 Å². The summed E-state index contributed by atoms with van der Waals surface area (Å²) in [6, 6.07) is 0. The Morgan fingerprint density at radius 3 is 1.89 bits per heavy atom. The Balaban J connectivity index is 3.28. The van der Waals surface area contributed by atoms with Crippen LogP contribution in [0.3, 0.4) is 0 Å². The van der Waals surface area contributed by atoms with Crippen molar-refractivity contribution in [3.8, 4) is 0 Å². The van der Waals surface area contributed by atoms with Gasteiger partial charge in [0.2, 0.25) is 0 Å². The summed E-state index contributed by atoms with van der Waals surface area (Å²) in [5, 5.41) is 0. The average molecular weight is 166 g/mol. The van der Waals surface area contributed by atoms with Crippen molar-refractivity contribution >= 4 is 0 Å². The molecule has 0 aliphatic carbocycles. The van der Waals surface area contributed by atoms with E-state index >= 15 is 0 Å². The number of alkyl halides is 3. The van der Waals surface area contributed by atoms with Crippen molar-refractivity contribution in [2.45, 2.75) is 6.18 Å². The number of hydrogen-bond donors (Lipinski definition) is 0. The minimum absolute atomic E-state index is 1.78. The summed E-state index contributed by atoms with van der Waals surface area (Å²) in [6.07, 6.45) is -4.59. The molecule has 0 unspecified atom stereocenters. The van der Waals surface area contributed by atoms with Crippen LogP contribution < -0.4 is 9.32 Å². The van der Waals surface area contributed by atoms with E-state index in [1.807, 2.05) is 0 Å². The van der Waals surface area contributed by atoms with E-state index in [0.717, 1.165) is 0 Å². The molecule has 0 aromatic carbocycles. The SMILES string of the molecule is [O-][Cl+2]([O-])OCC(F)(F)F. The molecule has 0 saturated carbocycles. The van der Waals surface area contributed by atoms with Gasteiger partial charge in [0.15, 0.2) is 0 Å². The van der Waals surface area contributed by atoms with Crippen LogP contribution in [0, 0.1) is 10.8 Å². The molecule has 0 radical (unpaired) electrons. The maximum Gasteiger partial charge on any atom is 0.422 e. The van der Waals surface area contributed by atoms with Crippen molar-refractivity contribution in [2.75, 3.05) is 6.61 Å². The highest BCUT2D eigenvalue weighted by molar-refractivity contribution is 4.40. The predicted octanol–water partition coefficient (Wildman–Crippen LogP) is -1.35. The number of hydrogen-bond acceptors (Lipinski definition) is 3. The highest BCUT2D eigenvalue weighted by Crippen LogP contribution is 2.14. The summed E-state index contributed by atoms with van der Waals surface area (Å²) < 4.78 is 54.8. The standard InChI is InChI=1S/C2H2ClF3O3/c4-2(5,6)1-9-3(7)8/h1H2. The lowest BCUT2D eigenvalue weighted by Gasteiger charge is -1.99. The fraction of sp³-hybridized carbons (Fsp3) is 1.00. The Morgan fingerprint density at radius 2 is 1.78 bits per heavy atom. The Labute approximate surface area is 51.4 Å². The zero-order valence-electron chi connectivity index (χ0n) is 3.94. The monoisotopic (exact) mass is 166 g/mol. The minimum atomic E-state index is -4.59. The van der Waals surface area contributed by atoms with Gasteiger partial charge in [0.1, 0.15) is 0 Å². The van der Waals surface area contributed by atoms with Crippen LogP contribution in [0.2, 0.25) is 0 Å². The maximum absolute atomic E-state index is 11.0. The molecule has 0 bridgehead atoms. The molecule has 0 amide bonds. The van der Waals surface area contributed by atoms with Crippen molar-refractivity contribution in [3.63, 3.8) is 0 Å². The fourth-order valence-corrected chi connectivity index (χ4v) is 0.319. The molecule has 0 aromatic rings. The van der Waals surface area contributed by atoms with Gasteiger partial charge in [-0.1, -0.05) is 0 Å². The Morgan fingerprint density at radius 1 is 1.33 bits per heavy atom. The van der Waals surface area contributed by atoms with Gasteiger partial charge in [0, 0.05) is 4.29 Å². The molecule has 9 heavy (non-hydrogen) atoms. The normalized spacial score (nSPS) is 12.7. The topological polar surface area (TPSA) is 55.3 Å². The molecule has 0 spiro atoms. The number of halogens is 4. The Hall–Kier alpha value is -0.0400. The third kappa shape index (κ3) is 7.96. The maximum atomic E-state index is 11.0. The minimum Gasteiger partial charge on any atom is -0.320 e. The molecule has 0 aromatic heterocycles. The summed E-state index contributed by atoms with van der Waals surface area (Å²) in [5.41, 5.74) is 0. The molecular formula is C2H2ClF3O3. The first-order valence-electron chi connectivity index (χ1n) is 1.67. The molecule has 0 heterocycles. The molecule has 0 atom stereocenters. The van der Waals surface area contributed by atoms with Crippen molar-refractivity contribution < 1.29 is 37.6 Å². The number of rotatable bonds is 2. The van der Waals surface area contributed by atoms with Gasteiger partial charge in [0.25, 0.3) is 17.4 Å². The quantitative estimate of drug-likeness (QED) is 0.510.